The largest absolute Gasteiger partial charge is 0.347 e. The Hall–Kier alpha value is -2.47. The van der Waals surface area contributed by atoms with E-state index in [-0.39, 0.29) is 17.2 Å². The fourth-order valence-corrected chi connectivity index (χ4v) is 2.85. The van der Waals surface area contributed by atoms with Crippen molar-refractivity contribution in [3.8, 4) is 0 Å². The third kappa shape index (κ3) is 6.32. The first kappa shape index (κ1) is 20.8. The number of amides is 1. The van der Waals surface area contributed by atoms with Gasteiger partial charge in [0.05, 0.1) is 0 Å². The van der Waals surface area contributed by atoms with Crippen molar-refractivity contribution in [2.75, 3.05) is 13.1 Å². The van der Waals surface area contributed by atoms with Crippen molar-refractivity contribution >= 4 is 5.91 Å². The van der Waals surface area contributed by atoms with E-state index < -0.39 is 0 Å². The molecular weight excluding hydrogens is 340 g/mol. The number of carbonyl (C=O) groups is 1. The number of hydrogen-bond acceptors (Lipinski definition) is 4. The first-order valence-corrected chi connectivity index (χ1v) is 9.73. The summed E-state index contributed by atoms with van der Waals surface area (Å²) >= 11 is 0. The number of rotatable bonds is 10. The van der Waals surface area contributed by atoms with Crippen LogP contribution in [0.25, 0.3) is 0 Å². The minimum atomic E-state index is -0.269. The number of nitrogens with zero attached hydrogens (tertiary/aromatic N) is 3. The van der Waals surface area contributed by atoms with Crippen LogP contribution < -0.4 is 10.9 Å². The van der Waals surface area contributed by atoms with E-state index in [4.69, 9.17) is 0 Å². The van der Waals surface area contributed by atoms with Crippen LogP contribution in [0.3, 0.4) is 0 Å². The first-order chi connectivity index (χ1) is 13.1. The zero-order valence-corrected chi connectivity index (χ0v) is 16.6. The van der Waals surface area contributed by atoms with Gasteiger partial charge in [-0.15, -0.1) is 0 Å². The molecule has 1 N–H and O–H groups in total. The fourth-order valence-electron chi connectivity index (χ4n) is 2.85. The van der Waals surface area contributed by atoms with Crippen molar-refractivity contribution in [3.63, 3.8) is 0 Å². The summed E-state index contributed by atoms with van der Waals surface area (Å²) in [5.41, 5.74) is 2.37. The van der Waals surface area contributed by atoms with Crippen LogP contribution in [-0.4, -0.2) is 33.7 Å². The molecule has 1 aromatic carbocycles. The standard InChI is InChI=1S/C21H30N4O2/c1-4-7-13-25-20(26)12-11-19(23-25)21(27)22-15-17-9-8-10-18(14-17)16-24(5-2)6-3/h8-12,14H,4-7,13,15-16H2,1-3H3,(H,22,27). The van der Waals surface area contributed by atoms with Gasteiger partial charge in [0.2, 0.25) is 0 Å². The summed E-state index contributed by atoms with van der Waals surface area (Å²) in [5, 5.41) is 7.08. The number of aryl methyl sites for hydroxylation is 1. The third-order valence-electron chi connectivity index (χ3n) is 4.57. The van der Waals surface area contributed by atoms with Crippen LogP contribution in [0.5, 0.6) is 0 Å². The average Bonchev–Trinajstić information content (AvgIpc) is 2.70. The number of aromatic nitrogens is 2. The van der Waals surface area contributed by atoms with E-state index in [1.165, 1.54) is 22.4 Å². The maximum absolute atomic E-state index is 12.4. The number of carbonyl (C=O) groups excluding carboxylic acids is 1. The lowest BCUT2D eigenvalue weighted by atomic mass is 10.1. The van der Waals surface area contributed by atoms with Crippen LogP contribution in [0.15, 0.2) is 41.2 Å². The number of hydrogen-bond donors (Lipinski definition) is 1. The van der Waals surface area contributed by atoms with Gasteiger partial charge in [-0.05, 0) is 36.7 Å². The van der Waals surface area contributed by atoms with Gasteiger partial charge in [-0.3, -0.25) is 14.5 Å². The van der Waals surface area contributed by atoms with E-state index in [1.807, 2.05) is 12.1 Å². The smallest absolute Gasteiger partial charge is 0.271 e. The minimum Gasteiger partial charge on any atom is -0.347 e. The fraction of sp³-hybridized carbons (Fsp3) is 0.476. The van der Waals surface area contributed by atoms with Gasteiger partial charge in [-0.25, -0.2) is 4.68 Å². The molecule has 1 heterocycles. The molecule has 2 aromatic rings. The molecule has 0 aliphatic carbocycles. The Morgan fingerprint density at radius 2 is 1.85 bits per heavy atom. The molecule has 27 heavy (non-hydrogen) atoms. The summed E-state index contributed by atoms with van der Waals surface area (Å²) in [6.07, 6.45) is 1.83. The lowest BCUT2D eigenvalue weighted by Crippen LogP contribution is -2.29. The van der Waals surface area contributed by atoms with Crippen LogP contribution in [0, 0.1) is 0 Å². The molecule has 6 nitrogen and oxygen atoms in total. The normalized spacial score (nSPS) is 11.0. The summed E-state index contributed by atoms with van der Waals surface area (Å²) in [4.78, 5) is 26.6. The number of unbranched alkanes of at least 4 members (excludes halogenated alkanes) is 1. The average molecular weight is 370 g/mol. The van der Waals surface area contributed by atoms with Crippen molar-refractivity contribution < 1.29 is 4.79 Å². The molecule has 0 bridgehead atoms. The highest BCUT2D eigenvalue weighted by atomic mass is 16.2. The van der Waals surface area contributed by atoms with Crippen LogP contribution in [0.4, 0.5) is 0 Å². The van der Waals surface area contributed by atoms with Crippen molar-refractivity contribution in [1.82, 2.24) is 20.0 Å². The second-order valence-electron chi connectivity index (χ2n) is 6.60. The van der Waals surface area contributed by atoms with E-state index in [1.54, 1.807) is 0 Å². The molecule has 1 amide bonds. The van der Waals surface area contributed by atoms with Gasteiger partial charge in [-0.1, -0.05) is 51.5 Å². The maximum atomic E-state index is 12.4. The molecular formula is C21H30N4O2. The van der Waals surface area contributed by atoms with E-state index in [9.17, 15) is 9.59 Å². The molecule has 0 aliphatic heterocycles. The van der Waals surface area contributed by atoms with E-state index >= 15 is 0 Å². The molecule has 0 radical (unpaired) electrons. The molecule has 0 spiro atoms. The topological polar surface area (TPSA) is 67.2 Å². The van der Waals surface area contributed by atoms with Gasteiger partial charge in [0.15, 0.2) is 0 Å². The van der Waals surface area contributed by atoms with Crippen LogP contribution >= 0.6 is 0 Å². The van der Waals surface area contributed by atoms with Gasteiger partial charge >= 0.3 is 0 Å². The molecule has 0 unspecified atom stereocenters. The monoisotopic (exact) mass is 370 g/mol. The number of nitrogens with one attached hydrogen (secondary N) is 1. The molecule has 0 aliphatic rings. The second-order valence-corrected chi connectivity index (χ2v) is 6.60. The highest BCUT2D eigenvalue weighted by Gasteiger charge is 2.10. The predicted octanol–water partition coefficient (Wildman–Crippen LogP) is 2.82. The first-order valence-electron chi connectivity index (χ1n) is 9.73. The maximum Gasteiger partial charge on any atom is 0.271 e. The van der Waals surface area contributed by atoms with Crippen LogP contribution in [0.1, 0.15) is 55.2 Å². The Bertz CT molecular complexity index is 797. The molecule has 0 atom stereocenters. The molecule has 0 saturated carbocycles. The van der Waals surface area contributed by atoms with Crippen LogP contribution in [0.2, 0.25) is 0 Å². The molecule has 6 heteroatoms. The molecule has 0 fully saturated rings. The van der Waals surface area contributed by atoms with E-state index in [2.05, 4.69) is 48.2 Å². The van der Waals surface area contributed by atoms with Gasteiger partial charge in [-0.2, -0.15) is 5.10 Å². The molecule has 146 valence electrons. The van der Waals surface area contributed by atoms with Crippen molar-refractivity contribution in [2.24, 2.45) is 0 Å². The predicted molar refractivity (Wildman–Crippen MR) is 108 cm³/mol. The summed E-state index contributed by atoms with van der Waals surface area (Å²) in [6, 6.07) is 11.1. The Kier molecular flexibility index (Phi) is 8.20. The zero-order chi connectivity index (χ0) is 19.6. The summed E-state index contributed by atoms with van der Waals surface area (Å²) in [7, 11) is 0. The molecule has 2 rings (SSSR count). The summed E-state index contributed by atoms with van der Waals surface area (Å²) in [5.74, 6) is -0.269. The van der Waals surface area contributed by atoms with Gasteiger partial charge in [0, 0.05) is 25.7 Å². The van der Waals surface area contributed by atoms with Crippen molar-refractivity contribution in [3.05, 3.63) is 63.6 Å². The summed E-state index contributed by atoms with van der Waals surface area (Å²) < 4.78 is 1.36. The van der Waals surface area contributed by atoms with Gasteiger partial charge in [0.1, 0.15) is 5.69 Å². The quantitative estimate of drug-likeness (QED) is 0.698. The highest BCUT2D eigenvalue weighted by molar-refractivity contribution is 5.91. The lowest BCUT2D eigenvalue weighted by molar-refractivity contribution is 0.0943. The summed E-state index contributed by atoms with van der Waals surface area (Å²) in [6.45, 7) is 10.2. The SMILES string of the molecule is CCCCn1nc(C(=O)NCc2cccc(CN(CC)CC)c2)ccc1=O. The van der Waals surface area contributed by atoms with E-state index in [0.29, 0.717) is 13.1 Å². The Morgan fingerprint density at radius 1 is 1.11 bits per heavy atom. The third-order valence-corrected chi connectivity index (χ3v) is 4.57. The molecule has 0 saturated heterocycles. The Morgan fingerprint density at radius 3 is 2.56 bits per heavy atom. The van der Waals surface area contributed by atoms with Gasteiger partial charge in [0.25, 0.3) is 11.5 Å². The second kappa shape index (κ2) is 10.6. The highest BCUT2D eigenvalue weighted by Crippen LogP contribution is 2.08. The lowest BCUT2D eigenvalue weighted by Gasteiger charge is -2.18. The molecule has 1 aromatic heterocycles. The van der Waals surface area contributed by atoms with Crippen molar-refractivity contribution in [2.45, 2.75) is 53.2 Å². The van der Waals surface area contributed by atoms with E-state index in [0.717, 1.165) is 38.0 Å². The van der Waals surface area contributed by atoms with Crippen molar-refractivity contribution in [1.29, 1.82) is 0 Å². The number of benzene rings is 1. The van der Waals surface area contributed by atoms with Crippen LogP contribution in [-0.2, 0) is 19.6 Å². The zero-order valence-electron chi connectivity index (χ0n) is 16.6. The Labute approximate surface area is 161 Å². The van der Waals surface area contributed by atoms with Gasteiger partial charge < -0.3 is 5.32 Å². The minimum absolute atomic E-state index is 0.177. The Balaban J connectivity index is 2.00.